The Labute approximate surface area is 173 Å². The number of nitrogens with zero attached hydrogens (tertiary/aromatic N) is 2. The second-order valence-electron chi connectivity index (χ2n) is 9.73. The summed E-state index contributed by atoms with van der Waals surface area (Å²) < 4.78 is 5.88. The van der Waals surface area contributed by atoms with Gasteiger partial charge in [0.15, 0.2) is 5.78 Å². The van der Waals surface area contributed by atoms with Gasteiger partial charge in [0.2, 0.25) is 0 Å². The maximum absolute atomic E-state index is 13.7. The highest BCUT2D eigenvalue weighted by atomic mass is 16.3. The van der Waals surface area contributed by atoms with Crippen LogP contribution in [0.3, 0.4) is 0 Å². The summed E-state index contributed by atoms with van der Waals surface area (Å²) >= 11 is 0. The van der Waals surface area contributed by atoms with E-state index in [2.05, 4.69) is 16.7 Å². The fourth-order valence-corrected chi connectivity index (χ4v) is 6.79. The SMILES string of the molecule is CCC[C@H]1[C@H]2C[C@H](CN(C(=O)c3c(C)oc4c3C(=O)CCC4)C2)[C@@H]2CCCCN21. The molecule has 1 aromatic rings. The molecule has 0 aromatic carbocycles. The van der Waals surface area contributed by atoms with E-state index in [4.69, 9.17) is 4.42 Å². The largest absolute Gasteiger partial charge is 0.465 e. The average molecular weight is 399 g/mol. The highest BCUT2D eigenvalue weighted by Gasteiger charge is 2.48. The Morgan fingerprint density at radius 2 is 1.97 bits per heavy atom. The minimum Gasteiger partial charge on any atom is -0.465 e. The van der Waals surface area contributed by atoms with Crippen molar-refractivity contribution in [2.75, 3.05) is 19.6 Å². The van der Waals surface area contributed by atoms with Crippen molar-refractivity contribution in [2.45, 2.75) is 83.7 Å². The molecule has 4 heterocycles. The summed E-state index contributed by atoms with van der Waals surface area (Å²) in [6.07, 6.45) is 9.74. The molecule has 1 aromatic heterocycles. The highest BCUT2D eigenvalue weighted by Crippen LogP contribution is 2.43. The molecule has 5 heteroatoms. The van der Waals surface area contributed by atoms with Crippen molar-refractivity contribution in [1.82, 2.24) is 9.80 Å². The van der Waals surface area contributed by atoms with E-state index in [1.165, 1.54) is 45.1 Å². The smallest absolute Gasteiger partial charge is 0.258 e. The van der Waals surface area contributed by atoms with Gasteiger partial charge in [-0.2, -0.15) is 0 Å². The Hall–Kier alpha value is -1.62. The van der Waals surface area contributed by atoms with Gasteiger partial charge in [-0.3, -0.25) is 14.5 Å². The number of piperidine rings is 3. The van der Waals surface area contributed by atoms with E-state index in [9.17, 15) is 9.59 Å². The minimum absolute atomic E-state index is 0.0388. The van der Waals surface area contributed by atoms with Crippen molar-refractivity contribution < 1.29 is 14.0 Å². The van der Waals surface area contributed by atoms with E-state index in [1.54, 1.807) is 0 Å². The van der Waals surface area contributed by atoms with Crippen molar-refractivity contribution in [1.29, 1.82) is 0 Å². The Morgan fingerprint density at radius 1 is 1.14 bits per heavy atom. The number of carbonyl (C=O) groups excluding carboxylic acids is 2. The average Bonchev–Trinajstić information content (AvgIpc) is 3.07. The maximum atomic E-state index is 13.7. The number of ketones is 1. The second-order valence-corrected chi connectivity index (χ2v) is 9.73. The van der Waals surface area contributed by atoms with Crippen LogP contribution in [-0.2, 0) is 6.42 Å². The van der Waals surface area contributed by atoms with Crippen LogP contribution in [0.5, 0.6) is 0 Å². The van der Waals surface area contributed by atoms with Crippen LogP contribution in [0.25, 0.3) is 0 Å². The molecule has 3 saturated heterocycles. The van der Waals surface area contributed by atoms with Gasteiger partial charge in [0, 0.05) is 38.0 Å². The molecule has 29 heavy (non-hydrogen) atoms. The molecule has 3 aliphatic heterocycles. The van der Waals surface area contributed by atoms with Crippen LogP contribution >= 0.6 is 0 Å². The first kappa shape index (κ1) is 19.3. The molecule has 4 atom stereocenters. The van der Waals surface area contributed by atoms with Gasteiger partial charge in [0.05, 0.1) is 11.1 Å². The zero-order valence-electron chi connectivity index (χ0n) is 17.9. The number of hydrogen-bond donors (Lipinski definition) is 0. The van der Waals surface area contributed by atoms with Crippen molar-refractivity contribution in [3.8, 4) is 0 Å². The summed E-state index contributed by atoms with van der Waals surface area (Å²) in [5, 5.41) is 0. The summed E-state index contributed by atoms with van der Waals surface area (Å²) in [5.41, 5.74) is 1.16. The molecule has 0 saturated carbocycles. The standard InChI is InChI=1S/C24H34N2O3/c1-3-7-18-16-12-17(19-8-4-5-11-26(18)19)14-25(13-16)24(28)22-15(2)29-21-10-6-9-20(27)23(21)22/h16-19H,3-14H2,1-2H3/t16-,17+,18-,19-/m0/s1. The molecule has 158 valence electrons. The van der Waals surface area contributed by atoms with Crippen molar-refractivity contribution in [3.63, 3.8) is 0 Å². The number of carbonyl (C=O) groups is 2. The number of Topliss-reactive ketones (excluding diaryl/α,β-unsaturated/α-hetero) is 1. The van der Waals surface area contributed by atoms with Crippen LogP contribution < -0.4 is 0 Å². The van der Waals surface area contributed by atoms with Crippen molar-refractivity contribution >= 4 is 11.7 Å². The van der Waals surface area contributed by atoms with E-state index in [-0.39, 0.29) is 11.7 Å². The molecule has 5 rings (SSSR count). The van der Waals surface area contributed by atoms with Crippen LogP contribution in [-0.4, -0.2) is 53.2 Å². The zero-order valence-corrected chi connectivity index (χ0v) is 17.9. The van der Waals surface area contributed by atoms with Gasteiger partial charge in [-0.25, -0.2) is 0 Å². The molecule has 2 bridgehead atoms. The van der Waals surface area contributed by atoms with Gasteiger partial charge in [0.25, 0.3) is 5.91 Å². The van der Waals surface area contributed by atoms with E-state index in [0.717, 1.165) is 31.7 Å². The minimum atomic E-state index is 0.0388. The lowest BCUT2D eigenvalue weighted by atomic mass is 9.71. The Balaban J connectivity index is 1.44. The lowest BCUT2D eigenvalue weighted by Gasteiger charge is -2.57. The number of likely N-dealkylation sites (tertiary alicyclic amines) is 1. The molecule has 0 unspecified atom stereocenters. The Kier molecular flexibility index (Phi) is 5.05. The fourth-order valence-electron chi connectivity index (χ4n) is 6.79. The van der Waals surface area contributed by atoms with E-state index >= 15 is 0 Å². The second kappa shape index (κ2) is 7.57. The lowest BCUT2D eigenvalue weighted by molar-refractivity contribution is -0.0671. The molecule has 1 amide bonds. The first-order chi connectivity index (χ1) is 14.1. The number of furan rings is 1. The first-order valence-corrected chi connectivity index (χ1v) is 11.8. The van der Waals surface area contributed by atoms with Crippen molar-refractivity contribution in [3.05, 3.63) is 22.6 Å². The summed E-state index contributed by atoms with van der Waals surface area (Å²) in [6, 6.07) is 1.24. The predicted octanol–water partition coefficient (Wildman–Crippen LogP) is 4.22. The van der Waals surface area contributed by atoms with Crippen LogP contribution in [0.1, 0.15) is 90.5 Å². The molecule has 0 N–H and O–H groups in total. The molecular weight excluding hydrogens is 364 g/mol. The predicted molar refractivity (Wildman–Crippen MR) is 111 cm³/mol. The molecule has 1 aliphatic carbocycles. The van der Waals surface area contributed by atoms with Gasteiger partial charge in [0.1, 0.15) is 11.5 Å². The zero-order chi connectivity index (χ0) is 20.1. The third-order valence-electron chi connectivity index (χ3n) is 7.95. The number of fused-ring (bicyclic) bond motifs is 5. The van der Waals surface area contributed by atoms with Gasteiger partial charge in [-0.1, -0.05) is 19.8 Å². The highest BCUT2D eigenvalue weighted by molar-refractivity contribution is 6.10. The molecule has 0 radical (unpaired) electrons. The summed E-state index contributed by atoms with van der Waals surface area (Å²) in [7, 11) is 0. The molecule has 4 aliphatic rings. The number of aryl methyl sites for hydroxylation is 2. The van der Waals surface area contributed by atoms with Gasteiger partial charge < -0.3 is 9.32 Å². The lowest BCUT2D eigenvalue weighted by Crippen LogP contribution is -2.64. The van der Waals surface area contributed by atoms with E-state index in [1.807, 2.05) is 6.92 Å². The maximum Gasteiger partial charge on any atom is 0.258 e. The number of hydrogen-bond acceptors (Lipinski definition) is 4. The quantitative estimate of drug-likeness (QED) is 0.765. The monoisotopic (exact) mass is 398 g/mol. The topological polar surface area (TPSA) is 53.8 Å². The molecule has 0 spiro atoms. The third kappa shape index (κ3) is 3.17. The Morgan fingerprint density at radius 3 is 2.79 bits per heavy atom. The molecular formula is C24H34N2O3. The van der Waals surface area contributed by atoms with E-state index in [0.29, 0.717) is 47.2 Å². The summed E-state index contributed by atoms with van der Waals surface area (Å²) in [6.45, 7) is 7.04. The molecule has 5 nitrogen and oxygen atoms in total. The number of amides is 1. The Bertz CT molecular complexity index is 813. The van der Waals surface area contributed by atoms with Crippen LogP contribution in [0.4, 0.5) is 0 Å². The van der Waals surface area contributed by atoms with Gasteiger partial charge in [-0.15, -0.1) is 0 Å². The summed E-state index contributed by atoms with van der Waals surface area (Å²) in [5.74, 6) is 2.63. The number of rotatable bonds is 3. The van der Waals surface area contributed by atoms with Crippen molar-refractivity contribution in [2.24, 2.45) is 11.8 Å². The van der Waals surface area contributed by atoms with Crippen LogP contribution in [0.2, 0.25) is 0 Å². The van der Waals surface area contributed by atoms with Crippen LogP contribution in [0.15, 0.2) is 4.42 Å². The van der Waals surface area contributed by atoms with E-state index < -0.39 is 0 Å². The normalized spacial score (nSPS) is 32.1. The third-order valence-corrected chi connectivity index (χ3v) is 7.95. The van der Waals surface area contributed by atoms with Crippen LogP contribution in [0, 0.1) is 18.8 Å². The first-order valence-electron chi connectivity index (χ1n) is 11.8. The summed E-state index contributed by atoms with van der Waals surface area (Å²) in [4.78, 5) is 31.1. The molecule has 3 fully saturated rings. The van der Waals surface area contributed by atoms with Gasteiger partial charge in [-0.05, 0) is 57.4 Å². The van der Waals surface area contributed by atoms with Gasteiger partial charge >= 0.3 is 0 Å². The fraction of sp³-hybridized carbons (Fsp3) is 0.750.